The fourth-order valence-corrected chi connectivity index (χ4v) is 6.73. The van der Waals surface area contributed by atoms with E-state index < -0.39 is 16.4 Å². The Balaban J connectivity index is 3.16. The van der Waals surface area contributed by atoms with Crippen LogP contribution in [0.2, 0.25) is 43.3 Å². The Hall–Kier alpha value is -0.356. The van der Waals surface area contributed by atoms with E-state index in [-0.39, 0.29) is 5.04 Å². The lowest BCUT2D eigenvalue weighted by Gasteiger charge is -2.38. The fourth-order valence-electron chi connectivity index (χ4n) is 3.24. The summed E-state index contributed by atoms with van der Waals surface area (Å²) >= 11 is 0. The van der Waals surface area contributed by atoms with Crippen molar-refractivity contribution in [3.8, 4) is 0 Å². The zero-order valence-corrected chi connectivity index (χ0v) is 18.9. The average molecular weight is 355 g/mol. The maximum absolute atomic E-state index is 12.5. The number of hydrogen-bond acceptors (Lipinski definition) is 2. The molecule has 0 unspecified atom stereocenters. The fraction of sp³-hybridized carbons (Fsp3) is 0.842. The van der Waals surface area contributed by atoms with Gasteiger partial charge in [-0.25, -0.2) is 0 Å². The van der Waals surface area contributed by atoms with Gasteiger partial charge in [-0.3, -0.25) is 4.79 Å². The Labute approximate surface area is 146 Å². The van der Waals surface area contributed by atoms with E-state index in [2.05, 4.69) is 66.5 Å². The van der Waals surface area contributed by atoms with E-state index in [0.717, 1.165) is 25.0 Å². The zero-order chi connectivity index (χ0) is 18.1. The first-order valence-electron chi connectivity index (χ1n) is 9.19. The van der Waals surface area contributed by atoms with Gasteiger partial charge < -0.3 is 4.43 Å². The van der Waals surface area contributed by atoms with Crippen LogP contribution < -0.4 is 0 Å². The Kier molecular flexibility index (Phi) is 6.53. The van der Waals surface area contributed by atoms with Crippen molar-refractivity contribution in [1.29, 1.82) is 0 Å². The van der Waals surface area contributed by atoms with Crippen LogP contribution in [0.5, 0.6) is 0 Å². The normalized spacial score (nSPS) is 24.2. The first-order valence-corrected chi connectivity index (χ1v) is 15.7. The van der Waals surface area contributed by atoms with E-state index in [1.54, 1.807) is 0 Å². The quantitative estimate of drug-likeness (QED) is 0.535. The van der Waals surface area contributed by atoms with E-state index >= 15 is 0 Å². The Morgan fingerprint density at radius 3 is 2.17 bits per heavy atom. The molecule has 0 saturated carbocycles. The Bertz CT molecular complexity index is 453. The van der Waals surface area contributed by atoms with Gasteiger partial charge >= 0.3 is 0 Å². The van der Waals surface area contributed by atoms with Gasteiger partial charge in [-0.2, -0.15) is 0 Å². The minimum absolute atomic E-state index is 0.167. The van der Waals surface area contributed by atoms with Gasteiger partial charge in [0.1, 0.15) is 5.78 Å². The molecule has 0 aromatic heterocycles. The zero-order valence-electron chi connectivity index (χ0n) is 16.9. The van der Waals surface area contributed by atoms with Crippen LogP contribution >= 0.6 is 0 Å². The van der Waals surface area contributed by atoms with Gasteiger partial charge in [0.2, 0.25) is 8.32 Å². The molecular weight excluding hydrogens is 316 g/mol. The van der Waals surface area contributed by atoms with Crippen LogP contribution in [0, 0.1) is 5.92 Å². The molecule has 0 bridgehead atoms. The second-order valence-corrected chi connectivity index (χ2v) is 20.0. The highest BCUT2D eigenvalue weighted by molar-refractivity contribution is 6.78. The molecule has 2 nitrogen and oxygen atoms in total. The second kappa shape index (κ2) is 7.26. The summed E-state index contributed by atoms with van der Waals surface area (Å²) in [6.07, 6.45) is 5.94. The molecule has 0 heterocycles. The molecule has 1 aliphatic rings. The van der Waals surface area contributed by atoms with Crippen LogP contribution in [0.25, 0.3) is 0 Å². The summed E-state index contributed by atoms with van der Waals surface area (Å²) in [6, 6.07) is 0. The number of rotatable bonds is 5. The van der Waals surface area contributed by atoms with Gasteiger partial charge in [-0.1, -0.05) is 53.8 Å². The van der Waals surface area contributed by atoms with Gasteiger partial charge in [-0.05, 0) is 42.1 Å². The molecule has 0 amide bonds. The standard InChI is InChI=1S/C19H38O2Si2/c1-10-11-15-12-16(20)13-17(14-18(15)22(5,6)7)21-23(8,9)19(2,3)4/h14-15,18H,10-13H2,1-9H3/t15-,18-/m0/s1. The first kappa shape index (κ1) is 20.7. The Morgan fingerprint density at radius 2 is 1.74 bits per heavy atom. The Morgan fingerprint density at radius 1 is 1.17 bits per heavy atom. The van der Waals surface area contributed by atoms with Crippen LogP contribution in [0.15, 0.2) is 11.8 Å². The van der Waals surface area contributed by atoms with E-state index in [4.69, 9.17) is 4.43 Å². The number of carbonyl (C=O) groups excluding carboxylic acids is 1. The van der Waals surface area contributed by atoms with E-state index in [9.17, 15) is 4.79 Å². The predicted octanol–water partition coefficient (Wildman–Crippen LogP) is 6.38. The molecule has 0 fully saturated rings. The highest BCUT2D eigenvalue weighted by Crippen LogP contribution is 2.43. The molecule has 0 aromatic carbocycles. The van der Waals surface area contributed by atoms with Gasteiger partial charge in [-0.15, -0.1) is 0 Å². The monoisotopic (exact) mass is 354 g/mol. The van der Waals surface area contributed by atoms with Crippen LogP contribution in [0.4, 0.5) is 0 Å². The van der Waals surface area contributed by atoms with Crippen molar-refractivity contribution in [3.63, 3.8) is 0 Å². The lowest BCUT2D eigenvalue weighted by molar-refractivity contribution is -0.119. The van der Waals surface area contributed by atoms with E-state index in [1.165, 1.54) is 0 Å². The molecule has 0 N–H and O–H groups in total. The van der Waals surface area contributed by atoms with Crippen molar-refractivity contribution < 1.29 is 9.22 Å². The smallest absolute Gasteiger partial charge is 0.250 e. The van der Waals surface area contributed by atoms with Crippen LogP contribution in [-0.4, -0.2) is 22.2 Å². The third-order valence-corrected chi connectivity index (χ3v) is 12.6. The molecule has 0 aromatic rings. The summed E-state index contributed by atoms with van der Waals surface area (Å²) < 4.78 is 6.55. The van der Waals surface area contributed by atoms with Gasteiger partial charge in [0.15, 0.2) is 0 Å². The molecule has 0 aliphatic heterocycles. The van der Waals surface area contributed by atoms with E-state index in [1.807, 2.05) is 0 Å². The van der Waals surface area contributed by atoms with E-state index in [0.29, 0.717) is 23.7 Å². The minimum atomic E-state index is -1.88. The topological polar surface area (TPSA) is 26.3 Å². The maximum Gasteiger partial charge on any atom is 0.250 e. The third kappa shape index (κ3) is 5.59. The third-order valence-electron chi connectivity index (χ3n) is 5.59. The summed E-state index contributed by atoms with van der Waals surface area (Å²) in [7, 11) is -3.25. The molecule has 1 rings (SSSR count). The van der Waals surface area contributed by atoms with Gasteiger partial charge in [0.05, 0.1) is 20.3 Å². The number of allylic oxidation sites excluding steroid dienone is 2. The predicted molar refractivity (Wildman–Crippen MR) is 106 cm³/mol. The number of carbonyl (C=O) groups is 1. The lowest BCUT2D eigenvalue weighted by Crippen LogP contribution is -2.40. The van der Waals surface area contributed by atoms with Crippen molar-refractivity contribution in [2.75, 3.05) is 0 Å². The van der Waals surface area contributed by atoms with Crippen molar-refractivity contribution in [2.24, 2.45) is 5.92 Å². The molecule has 4 heteroatoms. The summed E-state index contributed by atoms with van der Waals surface area (Å²) in [5.74, 6) is 1.86. The van der Waals surface area contributed by atoms with Crippen LogP contribution in [0.3, 0.4) is 0 Å². The molecule has 1 aliphatic carbocycles. The van der Waals surface area contributed by atoms with Crippen molar-refractivity contribution >= 4 is 22.2 Å². The van der Waals surface area contributed by atoms with Crippen LogP contribution in [0.1, 0.15) is 53.4 Å². The molecule has 0 spiro atoms. The highest BCUT2D eigenvalue weighted by Gasteiger charge is 2.41. The molecule has 2 atom stereocenters. The molecular formula is C19H38O2Si2. The number of ketones is 1. The minimum Gasteiger partial charge on any atom is -0.546 e. The molecule has 0 radical (unpaired) electrons. The van der Waals surface area contributed by atoms with Crippen molar-refractivity contribution in [2.45, 2.75) is 96.7 Å². The maximum atomic E-state index is 12.5. The second-order valence-electron chi connectivity index (χ2n) is 9.86. The average Bonchev–Trinajstić information content (AvgIpc) is 2.46. The molecule has 134 valence electrons. The molecule has 23 heavy (non-hydrogen) atoms. The number of Topliss-reactive ketones (excluding diaryl/α,β-unsaturated/α-hetero) is 1. The highest BCUT2D eigenvalue weighted by atomic mass is 28.4. The SMILES string of the molecule is CCC[C@H]1CC(=O)CC(O[Si](C)(C)C(C)(C)C)=C[C@@H]1[Si](C)(C)C. The van der Waals surface area contributed by atoms with Crippen LogP contribution in [-0.2, 0) is 9.22 Å². The summed E-state index contributed by atoms with van der Waals surface area (Å²) in [6.45, 7) is 20.8. The van der Waals surface area contributed by atoms with Crippen molar-refractivity contribution in [3.05, 3.63) is 11.8 Å². The largest absolute Gasteiger partial charge is 0.546 e. The number of hydrogen-bond donors (Lipinski definition) is 0. The molecule has 0 saturated heterocycles. The first-order chi connectivity index (χ1) is 10.3. The summed E-state index contributed by atoms with van der Waals surface area (Å²) in [5, 5.41) is 0.167. The van der Waals surface area contributed by atoms with Gasteiger partial charge in [0.25, 0.3) is 0 Å². The van der Waals surface area contributed by atoms with Gasteiger partial charge in [0, 0.05) is 6.42 Å². The summed E-state index contributed by atoms with van der Waals surface area (Å²) in [5.41, 5.74) is 0.550. The van der Waals surface area contributed by atoms with Crippen molar-refractivity contribution in [1.82, 2.24) is 0 Å². The summed E-state index contributed by atoms with van der Waals surface area (Å²) in [4.78, 5) is 12.5. The lowest BCUT2D eigenvalue weighted by atomic mass is 9.95.